The van der Waals surface area contributed by atoms with Gasteiger partial charge in [-0.15, -0.1) is 0 Å². The number of carbonyl (C=O) groups is 1. The monoisotopic (exact) mass is 433 g/mol. The van der Waals surface area contributed by atoms with Crippen molar-refractivity contribution in [2.75, 3.05) is 53.0 Å². The number of ether oxygens (including phenoxy) is 1. The number of methoxy groups -OCH3 is 1. The molecule has 28 heavy (non-hydrogen) atoms. The van der Waals surface area contributed by atoms with Crippen molar-refractivity contribution < 1.29 is 22.3 Å². The minimum atomic E-state index is -3.57. The molecule has 156 valence electrons. The molecular weight excluding hydrogens is 409 g/mol. The van der Waals surface area contributed by atoms with Crippen LogP contribution in [0.2, 0.25) is 5.02 Å². The smallest absolute Gasteiger partial charge is 0.240 e. The summed E-state index contributed by atoms with van der Waals surface area (Å²) in [7, 11) is -1.96. The maximum absolute atomic E-state index is 13.2. The summed E-state index contributed by atoms with van der Waals surface area (Å²) in [5, 5.41) is 0.106. The molecule has 2 heterocycles. The third-order valence-electron chi connectivity index (χ3n) is 5.29. The Balaban J connectivity index is 1.56. The lowest BCUT2D eigenvalue weighted by Crippen LogP contribution is -2.54. The first-order valence-corrected chi connectivity index (χ1v) is 11.2. The molecule has 2 aliphatic heterocycles. The highest BCUT2D eigenvalue weighted by atomic mass is 35.5. The van der Waals surface area contributed by atoms with Crippen LogP contribution < -0.4 is 0 Å². The van der Waals surface area contributed by atoms with E-state index < -0.39 is 15.8 Å². The zero-order chi connectivity index (χ0) is 20.3. The summed E-state index contributed by atoms with van der Waals surface area (Å²) in [5.74, 6) is -0.675. The van der Waals surface area contributed by atoms with Crippen molar-refractivity contribution in [1.29, 1.82) is 0 Å². The van der Waals surface area contributed by atoms with Crippen LogP contribution in [0.15, 0.2) is 18.2 Å². The van der Waals surface area contributed by atoms with E-state index in [9.17, 15) is 17.6 Å². The van der Waals surface area contributed by atoms with Gasteiger partial charge in [0.2, 0.25) is 15.9 Å². The average molecular weight is 434 g/mol. The normalized spacial score (nSPS) is 22.2. The Hall–Kier alpha value is -1.26. The Bertz CT molecular complexity index is 815. The molecule has 0 spiro atoms. The summed E-state index contributed by atoms with van der Waals surface area (Å²) in [6, 6.07) is 3.53. The second-order valence-corrected chi connectivity index (χ2v) is 9.43. The van der Waals surface area contributed by atoms with Crippen LogP contribution in [0.4, 0.5) is 4.39 Å². The topological polar surface area (TPSA) is 70.2 Å². The fourth-order valence-corrected chi connectivity index (χ4v) is 5.56. The molecule has 7 nitrogen and oxygen atoms in total. The van der Waals surface area contributed by atoms with Gasteiger partial charge in [-0.25, -0.2) is 12.8 Å². The number of nitrogens with zero attached hydrogens (tertiary/aromatic N) is 3. The van der Waals surface area contributed by atoms with Crippen LogP contribution in [-0.2, 0) is 25.3 Å². The molecule has 1 atom stereocenters. The Kier molecular flexibility index (Phi) is 6.93. The van der Waals surface area contributed by atoms with E-state index in [2.05, 4.69) is 4.90 Å². The van der Waals surface area contributed by atoms with E-state index in [-0.39, 0.29) is 22.7 Å². The molecule has 2 fully saturated rings. The van der Waals surface area contributed by atoms with E-state index in [1.54, 1.807) is 12.0 Å². The van der Waals surface area contributed by atoms with E-state index in [1.807, 2.05) is 0 Å². The molecule has 1 unspecified atom stereocenters. The van der Waals surface area contributed by atoms with E-state index in [1.165, 1.54) is 16.4 Å². The van der Waals surface area contributed by atoms with Gasteiger partial charge in [-0.05, 0) is 24.1 Å². The summed E-state index contributed by atoms with van der Waals surface area (Å²) in [4.78, 5) is 16.4. The average Bonchev–Trinajstić information content (AvgIpc) is 3.03. The Labute approximate surface area is 170 Å². The summed E-state index contributed by atoms with van der Waals surface area (Å²) in [6.07, 6.45) is 0.750. The third-order valence-corrected chi connectivity index (χ3v) is 7.47. The van der Waals surface area contributed by atoms with Gasteiger partial charge in [-0.2, -0.15) is 4.31 Å². The number of hydrogen-bond donors (Lipinski definition) is 0. The van der Waals surface area contributed by atoms with Gasteiger partial charge < -0.3 is 9.64 Å². The van der Waals surface area contributed by atoms with E-state index in [4.69, 9.17) is 16.3 Å². The summed E-state index contributed by atoms with van der Waals surface area (Å²) in [6.45, 7) is 3.45. The maximum Gasteiger partial charge on any atom is 0.240 e. The molecule has 1 aromatic carbocycles. The van der Waals surface area contributed by atoms with Gasteiger partial charge in [0.05, 0.1) is 18.4 Å². The second-order valence-electron chi connectivity index (χ2n) is 7.05. The summed E-state index contributed by atoms with van der Waals surface area (Å²) >= 11 is 5.97. The Morgan fingerprint density at radius 1 is 1.21 bits per heavy atom. The van der Waals surface area contributed by atoms with Crippen molar-refractivity contribution >= 4 is 27.5 Å². The molecule has 2 saturated heterocycles. The van der Waals surface area contributed by atoms with Crippen LogP contribution >= 0.6 is 11.6 Å². The minimum absolute atomic E-state index is 0.0893. The highest BCUT2D eigenvalue weighted by Gasteiger charge is 2.38. The molecular formula is C18H25ClFN3O4S. The SMILES string of the molecule is COCCN1CCC(N2CCN(S(=O)(=O)Cc3ccc(F)cc3Cl)CC2)C1=O. The first kappa shape index (κ1) is 21.4. The van der Waals surface area contributed by atoms with E-state index in [0.29, 0.717) is 51.4 Å². The number of halogens is 2. The van der Waals surface area contributed by atoms with Gasteiger partial charge in [0.1, 0.15) is 5.82 Å². The molecule has 0 aliphatic carbocycles. The number of sulfonamides is 1. The lowest BCUT2D eigenvalue weighted by atomic mass is 10.2. The number of amides is 1. The maximum atomic E-state index is 13.2. The third kappa shape index (κ3) is 4.83. The van der Waals surface area contributed by atoms with Crippen LogP contribution in [0.5, 0.6) is 0 Å². The molecule has 10 heteroatoms. The van der Waals surface area contributed by atoms with Crippen LogP contribution in [-0.4, -0.2) is 87.5 Å². The number of hydrogen-bond acceptors (Lipinski definition) is 5. The predicted octanol–water partition coefficient (Wildman–Crippen LogP) is 1.17. The predicted molar refractivity (Wildman–Crippen MR) is 104 cm³/mol. The lowest BCUT2D eigenvalue weighted by Gasteiger charge is -2.36. The Morgan fingerprint density at radius 3 is 2.57 bits per heavy atom. The van der Waals surface area contributed by atoms with E-state index in [0.717, 1.165) is 12.5 Å². The fraction of sp³-hybridized carbons (Fsp3) is 0.611. The van der Waals surface area contributed by atoms with Gasteiger partial charge >= 0.3 is 0 Å². The largest absolute Gasteiger partial charge is 0.383 e. The van der Waals surface area contributed by atoms with Crippen LogP contribution in [0.1, 0.15) is 12.0 Å². The Morgan fingerprint density at radius 2 is 1.93 bits per heavy atom. The lowest BCUT2D eigenvalue weighted by molar-refractivity contribution is -0.133. The molecule has 3 rings (SSSR count). The molecule has 0 radical (unpaired) electrons. The highest BCUT2D eigenvalue weighted by Crippen LogP contribution is 2.23. The first-order valence-electron chi connectivity index (χ1n) is 9.25. The van der Waals surface area contributed by atoms with Crippen LogP contribution in [0.3, 0.4) is 0 Å². The second kappa shape index (κ2) is 9.04. The van der Waals surface area contributed by atoms with Crippen molar-refractivity contribution in [3.63, 3.8) is 0 Å². The number of benzene rings is 1. The molecule has 1 amide bonds. The van der Waals surface area contributed by atoms with Gasteiger partial charge in [-0.1, -0.05) is 17.7 Å². The minimum Gasteiger partial charge on any atom is -0.383 e. The standard InChI is InChI=1S/C18H25ClFN3O4S/c1-27-11-10-22-5-4-17(18(22)24)21-6-8-23(9-7-21)28(25,26)13-14-2-3-15(20)12-16(14)19/h2-3,12,17H,4-11,13H2,1H3. The van der Waals surface area contributed by atoms with E-state index >= 15 is 0 Å². The molecule has 0 N–H and O–H groups in total. The number of rotatable bonds is 7. The van der Waals surface area contributed by atoms with Crippen molar-refractivity contribution in [2.45, 2.75) is 18.2 Å². The zero-order valence-corrected chi connectivity index (χ0v) is 17.4. The van der Waals surface area contributed by atoms with Crippen LogP contribution in [0, 0.1) is 5.82 Å². The number of likely N-dealkylation sites (tertiary alicyclic amines) is 1. The van der Waals surface area contributed by atoms with Gasteiger partial charge in [0.25, 0.3) is 0 Å². The van der Waals surface area contributed by atoms with Gasteiger partial charge in [0.15, 0.2) is 0 Å². The van der Waals surface area contributed by atoms with Crippen molar-refractivity contribution in [1.82, 2.24) is 14.1 Å². The molecule has 0 saturated carbocycles. The van der Waals surface area contributed by atoms with Gasteiger partial charge in [-0.3, -0.25) is 9.69 Å². The van der Waals surface area contributed by atoms with Crippen molar-refractivity contribution in [3.8, 4) is 0 Å². The fourth-order valence-electron chi connectivity index (χ4n) is 3.70. The number of piperazine rings is 1. The molecule has 1 aromatic rings. The molecule has 0 bridgehead atoms. The first-order chi connectivity index (χ1) is 13.3. The highest BCUT2D eigenvalue weighted by molar-refractivity contribution is 7.88. The molecule has 2 aliphatic rings. The van der Waals surface area contributed by atoms with Crippen molar-refractivity contribution in [2.24, 2.45) is 0 Å². The zero-order valence-electron chi connectivity index (χ0n) is 15.8. The summed E-state index contributed by atoms with van der Waals surface area (Å²) in [5.41, 5.74) is 0.380. The van der Waals surface area contributed by atoms with Crippen molar-refractivity contribution in [3.05, 3.63) is 34.6 Å². The molecule has 0 aromatic heterocycles. The van der Waals surface area contributed by atoms with Gasteiger partial charge in [0, 0.05) is 51.4 Å². The summed E-state index contributed by atoms with van der Waals surface area (Å²) < 4.78 is 45.1. The van der Waals surface area contributed by atoms with Crippen LogP contribution in [0.25, 0.3) is 0 Å². The quantitative estimate of drug-likeness (QED) is 0.645. The number of carbonyl (C=O) groups excluding carboxylic acids is 1.